The fraction of sp³-hybridized carbons (Fsp3) is 0.667. The summed E-state index contributed by atoms with van der Waals surface area (Å²) >= 11 is 0. The fourth-order valence-corrected chi connectivity index (χ4v) is 6.29. The van der Waals surface area contributed by atoms with E-state index in [2.05, 4.69) is 9.97 Å². The van der Waals surface area contributed by atoms with Crippen LogP contribution in [-0.2, 0) is 12.8 Å². The Kier molecular flexibility index (Phi) is 20.7. The summed E-state index contributed by atoms with van der Waals surface area (Å²) in [5.41, 5.74) is 3.60. The summed E-state index contributed by atoms with van der Waals surface area (Å²) in [6, 6.07) is 7.79. The van der Waals surface area contributed by atoms with Crippen LogP contribution in [0.3, 0.4) is 0 Å². The third kappa shape index (κ3) is 15.4. The van der Waals surface area contributed by atoms with Gasteiger partial charge in [0.1, 0.15) is 0 Å². The summed E-state index contributed by atoms with van der Waals surface area (Å²) in [4.78, 5) is 8.91. The second-order valence-electron chi connectivity index (χ2n) is 15.2. The van der Waals surface area contributed by atoms with E-state index in [-0.39, 0.29) is 25.7 Å². The summed E-state index contributed by atoms with van der Waals surface area (Å²) in [6.45, 7) is 0. The molecule has 0 aliphatic heterocycles. The number of allylic oxidation sites excluding steroid dienone is 4. The molecule has 2 aromatic rings. The van der Waals surface area contributed by atoms with Crippen molar-refractivity contribution in [3.8, 4) is 11.4 Å². The Morgan fingerprint density at radius 1 is 0.355 bits per heavy atom. The Morgan fingerprint density at radius 2 is 0.629 bits per heavy atom. The molecular formula is C42H50F18N2. The maximum absolute atomic E-state index is 13.5. The first-order valence-electron chi connectivity index (χ1n) is 20.3. The number of alkyl halides is 18. The number of hydrogen-bond acceptors (Lipinski definition) is 2. The van der Waals surface area contributed by atoms with Gasteiger partial charge in [0.2, 0.25) is 0 Å². The number of halogens is 18. The second-order valence-corrected chi connectivity index (χ2v) is 15.2. The predicted molar refractivity (Wildman–Crippen MR) is 198 cm³/mol. The van der Waals surface area contributed by atoms with E-state index in [0.717, 1.165) is 99.6 Å². The van der Waals surface area contributed by atoms with Crippen LogP contribution in [0, 0.1) is 0 Å². The van der Waals surface area contributed by atoms with E-state index in [1.165, 1.54) is 0 Å². The molecule has 0 unspecified atom stereocenters. The molecule has 0 atom stereocenters. The third-order valence-electron chi connectivity index (χ3n) is 10.1. The standard InChI is InChI=1S/C42H50F18N2/c43-35(44,37(47,48)39(51,52)41(55,56)57)25-19-15-11-7-3-1-5-9-13-17-21-31-23-27-61-33(29-31)34-30-32(24-28-62-34)22-18-14-10-6-2-4-8-12-16-20-26-36(45,46)38(49,50)40(53,54)42(58,59)60/h19-20,23-30H,1-18,21-22H2/b25-19+,26-20+. The minimum atomic E-state index is -6.90. The number of pyridine rings is 2. The van der Waals surface area contributed by atoms with Crippen LogP contribution in [0.25, 0.3) is 11.4 Å². The van der Waals surface area contributed by atoms with Gasteiger partial charge in [-0.25, -0.2) is 0 Å². The average Bonchev–Trinajstić information content (AvgIpc) is 3.17. The van der Waals surface area contributed by atoms with Gasteiger partial charge in [-0.15, -0.1) is 0 Å². The molecule has 354 valence electrons. The van der Waals surface area contributed by atoms with Crippen molar-refractivity contribution in [2.45, 2.75) is 176 Å². The summed E-state index contributed by atoms with van der Waals surface area (Å²) in [6.07, 6.45) is 2.63. The summed E-state index contributed by atoms with van der Waals surface area (Å²) in [7, 11) is 0. The Hall–Kier alpha value is -3.48. The van der Waals surface area contributed by atoms with Crippen LogP contribution in [-0.4, -0.2) is 57.9 Å². The van der Waals surface area contributed by atoms with Crippen molar-refractivity contribution in [3.05, 3.63) is 72.1 Å². The van der Waals surface area contributed by atoms with E-state index in [1.54, 1.807) is 12.4 Å². The monoisotopic (exact) mass is 924 g/mol. The van der Waals surface area contributed by atoms with Gasteiger partial charge >= 0.3 is 47.9 Å². The van der Waals surface area contributed by atoms with Gasteiger partial charge in [0.05, 0.1) is 11.4 Å². The Bertz CT molecular complexity index is 1540. The highest BCUT2D eigenvalue weighted by atomic mass is 19.4. The van der Waals surface area contributed by atoms with E-state index in [0.29, 0.717) is 37.8 Å². The fourth-order valence-electron chi connectivity index (χ4n) is 6.29. The minimum Gasteiger partial charge on any atom is -0.255 e. The van der Waals surface area contributed by atoms with Gasteiger partial charge in [0.15, 0.2) is 0 Å². The average molecular weight is 925 g/mol. The molecule has 20 heteroatoms. The zero-order valence-electron chi connectivity index (χ0n) is 33.6. The summed E-state index contributed by atoms with van der Waals surface area (Å²) < 4.78 is 232. The van der Waals surface area contributed by atoms with Gasteiger partial charge in [0.25, 0.3) is 0 Å². The van der Waals surface area contributed by atoms with Crippen LogP contribution >= 0.6 is 0 Å². The van der Waals surface area contributed by atoms with Crippen molar-refractivity contribution in [2.24, 2.45) is 0 Å². The molecule has 0 aromatic carbocycles. The smallest absolute Gasteiger partial charge is 0.255 e. The molecule has 2 heterocycles. The van der Waals surface area contributed by atoms with Gasteiger partial charge in [-0.1, -0.05) is 89.2 Å². The van der Waals surface area contributed by atoms with Crippen LogP contribution < -0.4 is 0 Å². The minimum absolute atomic E-state index is 0.187. The lowest BCUT2D eigenvalue weighted by Crippen LogP contribution is -2.60. The maximum Gasteiger partial charge on any atom is 0.460 e. The molecule has 0 fully saturated rings. The Morgan fingerprint density at radius 3 is 0.919 bits per heavy atom. The number of rotatable bonds is 29. The van der Waals surface area contributed by atoms with Crippen LogP contribution in [0.5, 0.6) is 0 Å². The molecule has 0 N–H and O–H groups in total. The van der Waals surface area contributed by atoms with Crippen LogP contribution in [0.4, 0.5) is 79.0 Å². The van der Waals surface area contributed by atoms with Crippen molar-refractivity contribution in [1.29, 1.82) is 0 Å². The first-order chi connectivity index (χ1) is 28.6. The molecule has 0 bridgehead atoms. The van der Waals surface area contributed by atoms with Gasteiger partial charge in [-0.3, -0.25) is 9.97 Å². The van der Waals surface area contributed by atoms with Gasteiger partial charge in [-0.05, 0) is 98.9 Å². The zero-order valence-corrected chi connectivity index (χ0v) is 33.6. The highest BCUT2D eigenvalue weighted by Crippen LogP contribution is 2.54. The predicted octanol–water partition coefficient (Wildman–Crippen LogP) is 16.3. The molecule has 0 saturated carbocycles. The SMILES string of the molecule is FC(F)(F)C(F)(F)C(F)(F)C(F)(F)/C=C/CCCCCCCCCCc1ccnc(-c2cc(CCCCCCCCCC/C=C/C(F)(F)C(F)(F)C(F)(F)C(F)(F)F)ccn2)c1. The van der Waals surface area contributed by atoms with Crippen molar-refractivity contribution in [3.63, 3.8) is 0 Å². The van der Waals surface area contributed by atoms with Gasteiger partial charge in [-0.2, -0.15) is 79.0 Å². The number of hydrogen-bond donors (Lipinski definition) is 0. The molecule has 0 amide bonds. The molecule has 0 spiro atoms. The quantitative estimate of drug-likeness (QED) is 0.0462. The molecular weight excluding hydrogens is 874 g/mol. The van der Waals surface area contributed by atoms with Crippen molar-refractivity contribution in [1.82, 2.24) is 9.97 Å². The normalized spacial score (nSPS) is 14.2. The first kappa shape index (κ1) is 54.7. The number of aryl methyl sites for hydroxylation is 2. The zero-order chi connectivity index (χ0) is 46.9. The maximum atomic E-state index is 13.5. The summed E-state index contributed by atoms with van der Waals surface area (Å²) in [5, 5.41) is 0. The number of aromatic nitrogens is 2. The van der Waals surface area contributed by atoms with Crippen molar-refractivity contribution in [2.75, 3.05) is 0 Å². The number of nitrogens with zero attached hydrogens (tertiary/aromatic N) is 2. The van der Waals surface area contributed by atoms with Gasteiger partial charge in [0, 0.05) is 12.4 Å². The van der Waals surface area contributed by atoms with Crippen LogP contribution in [0.15, 0.2) is 61.0 Å². The molecule has 2 aromatic heterocycles. The third-order valence-corrected chi connectivity index (χ3v) is 10.1. The van der Waals surface area contributed by atoms with Crippen LogP contribution in [0.1, 0.15) is 127 Å². The Balaban J connectivity index is 1.59. The molecule has 0 radical (unpaired) electrons. The molecule has 62 heavy (non-hydrogen) atoms. The lowest BCUT2D eigenvalue weighted by Gasteiger charge is -2.32. The highest BCUT2D eigenvalue weighted by Gasteiger charge is 2.82. The highest BCUT2D eigenvalue weighted by molar-refractivity contribution is 5.55. The number of unbranched alkanes of at least 4 members (excludes halogenated alkanes) is 16. The molecule has 2 nitrogen and oxygen atoms in total. The van der Waals surface area contributed by atoms with E-state index in [4.69, 9.17) is 0 Å². The lowest BCUT2D eigenvalue weighted by atomic mass is 10.0. The van der Waals surface area contributed by atoms with Gasteiger partial charge < -0.3 is 0 Å². The second kappa shape index (κ2) is 23.4. The van der Waals surface area contributed by atoms with E-state index in [1.807, 2.05) is 24.3 Å². The van der Waals surface area contributed by atoms with Crippen LogP contribution in [0.2, 0.25) is 0 Å². The topological polar surface area (TPSA) is 25.8 Å². The molecule has 2 rings (SSSR count). The van der Waals surface area contributed by atoms with Crippen molar-refractivity contribution >= 4 is 0 Å². The lowest BCUT2D eigenvalue weighted by molar-refractivity contribution is -0.388. The molecule has 0 aliphatic rings. The van der Waals surface area contributed by atoms with Crippen molar-refractivity contribution < 1.29 is 79.0 Å². The largest absolute Gasteiger partial charge is 0.460 e. The van der Waals surface area contributed by atoms with E-state index >= 15 is 0 Å². The first-order valence-corrected chi connectivity index (χ1v) is 20.3. The van der Waals surface area contributed by atoms with E-state index in [9.17, 15) is 79.0 Å². The molecule has 0 aliphatic carbocycles. The summed E-state index contributed by atoms with van der Waals surface area (Å²) in [5.74, 6) is -38.5. The Labute approximate surface area is 348 Å². The van der Waals surface area contributed by atoms with E-state index < -0.39 is 60.0 Å². The molecule has 0 saturated heterocycles.